The Balaban J connectivity index is 1.86. The number of hydrogen-bond donors (Lipinski definition) is 3. The van der Waals surface area contributed by atoms with E-state index in [-0.39, 0.29) is 24.1 Å². The Hall–Kier alpha value is -0.610. The van der Waals surface area contributed by atoms with E-state index >= 15 is 0 Å². The molecule has 2 rings (SSSR count). The highest BCUT2D eigenvalue weighted by Crippen LogP contribution is 2.39. The summed E-state index contributed by atoms with van der Waals surface area (Å²) in [6.07, 6.45) is 3.66. The molecule has 4 nitrogen and oxygen atoms in total. The number of rotatable bonds is 4. The smallest absolute Gasteiger partial charge is 0.308 e. The molecule has 2 aliphatic carbocycles. The first-order valence-corrected chi connectivity index (χ1v) is 4.78. The molecule has 0 radical (unpaired) electrons. The number of aliphatic carboxylic acids is 1. The molecule has 0 heterocycles. The van der Waals surface area contributed by atoms with Gasteiger partial charge in [0.25, 0.3) is 0 Å². The average molecular weight is 185 g/mol. The molecule has 0 aromatic rings. The van der Waals surface area contributed by atoms with Crippen molar-refractivity contribution in [3.8, 4) is 0 Å². The van der Waals surface area contributed by atoms with Crippen molar-refractivity contribution in [2.75, 3.05) is 6.61 Å². The average Bonchev–Trinajstić information content (AvgIpc) is 2.78. The summed E-state index contributed by atoms with van der Waals surface area (Å²) in [6.45, 7) is 0.135. The summed E-state index contributed by atoms with van der Waals surface area (Å²) in [5.74, 6) is -0.943. The lowest BCUT2D eigenvalue weighted by Crippen LogP contribution is -2.53. The maximum Gasteiger partial charge on any atom is 0.308 e. The fourth-order valence-corrected chi connectivity index (χ4v) is 1.86. The first-order valence-electron chi connectivity index (χ1n) is 4.78. The van der Waals surface area contributed by atoms with Crippen LogP contribution in [0, 0.1) is 5.92 Å². The lowest BCUT2D eigenvalue weighted by atomic mass is 9.79. The summed E-state index contributed by atoms with van der Waals surface area (Å²) in [7, 11) is 0. The van der Waals surface area contributed by atoms with E-state index in [9.17, 15) is 4.79 Å². The van der Waals surface area contributed by atoms with Crippen LogP contribution in [0.25, 0.3) is 0 Å². The molecule has 0 spiro atoms. The van der Waals surface area contributed by atoms with Crippen LogP contribution in [0.5, 0.6) is 0 Å². The second kappa shape index (κ2) is 2.96. The number of carboxylic acid groups (broad SMARTS) is 1. The highest BCUT2D eigenvalue weighted by Gasteiger charge is 2.47. The molecule has 3 N–H and O–H groups in total. The van der Waals surface area contributed by atoms with Crippen molar-refractivity contribution in [2.24, 2.45) is 5.92 Å². The summed E-state index contributed by atoms with van der Waals surface area (Å²) >= 11 is 0. The van der Waals surface area contributed by atoms with Crippen molar-refractivity contribution in [3.63, 3.8) is 0 Å². The minimum Gasteiger partial charge on any atom is -0.481 e. The molecule has 2 fully saturated rings. The number of aliphatic hydroxyl groups excluding tert-OH is 1. The second-order valence-corrected chi connectivity index (χ2v) is 4.21. The summed E-state index contributed by atoms with van der Waals surface area (Å²) in [6, 6.07) is 0.0900. The van der Waals surface area contributed by atoms with E-state index in [1.807, 2.05) is 0 Å². The van der Waals surface area contributed by atoms with Crippen LogP contribution in [0.4, 0.5) is 0 Å². The Bertz CT molecular complexity index is 225. The molecule has 2 unspecified atom stereocenters. The van der Waals surface area contributed by atoms with Crippen molar-refractivity contribution >= 4 is 5.97 Å². The molecular formula is C9H15NO3. The zero-order chi connectivity index (χ0) is 9.47. The van der Waals surface area contributed by atoms with Crippen molar-refractivity contribution in [3.05, 3.63) is 0 Å². The summed E-state index contributed by atoms with van der Waals surface area (Å²) in [4.78, 5) is 10.7. The third-order valence-corrected chi connectivity index (χ3v) is 3.24. The number of carbonyl (C=O) groups is 1. The van der Waals surface area contributed by atoms with Crippen LogP contribution >= 0.6 is 0 Å². The molecule has 0 saturated heterocycles. The standard InChI is InChI=1S/C9H15NO3/c11-5-9(3-4-9)10-7-2-1-6(7)8(12)13/h6-7,10-11H,1-5H2,(H,12,13). The molecule has 0 aromatic carbocycles. The van der Waals surface area contributed by atoms with Crippen LogP contribution in [-0.2, 0) is 4.79 Å². The van der Waals surface area contributed by atoms with Crippen LogP contribution in [-0.4, -0.2) is 34.4 Å². The van der Waals surface area contributed by atoms with E-state index in [2.05, 4.69) is 5.32 Å². The number of hydrogen-bond acceptors (Lipinski definition) is 3. The van der Waals surface area contributed by atoms with Gasteiger partial charge < -0.3 is 15.5 Å². The molecule has 0 amide bonds. The lowest BCUT2D eigenvalue weighted by Gasteiger charge is -2.37. The van der Waals surface area contributed by atoms with Crippen molar-refractivity contribution in [1.29, 1.82) is 0 Å². The van der Waals surface area contributed by atoms with Gasteiger partial charge in [-0.1, -0.05) is 0 Å². The van der Waals surface area contributed by atoms with Gasteiger partial charge in [-0.3, -0.25) is 4.79 Å². The molecule has 2 atom stereocenters. The zero-order valence-electron chi connectivity index (χ0n) is 7.49. The van der Waals surface area contributed by atoms with E-state index in [1.165, 1.54) is 0 Å². The van der Waals surface area contributed by atoms with Gasteiger partial charge in [0, 0.05) is 11.6 Å². The monoisotopic (exact) mass is 185 g/mol. The van der Waals surface area contributed by atoms with Crippen LogP contribution in [0.15, 0.2) is 0 Å². The van der Waals surface area contributed by atoms with E-state index in [4.69, 9.17) is 10.2 Å². The molecule has 0 bridgehead atoms. The van der Waals surface area contributed by atoms with Gasteiger partial charge in [-0.2, -0.15) is 0 Å². The Labute approximate surface area is 76.9 Å². The number of carboxylic acids is 1. The Morgan fingerprint density at radius 1 is 1.46 bits per heavy atom. The van der Waals surface area contributed by atoms with Crippen LogP contribution in [0.3, 0.4) is 0 Å². The molecule has 0 aromatic heterocycles. The SMILES string of the molecule is O=C(O)C1CCC1NC1(CO)CC1. The minimum absolute atomic E-state index is 0.0900. The molecule has 2 saturated carbocycles. The first-order chi connectivity index (χ1) is 6.17. The zero-order valence-corrected chi connectivity index (χ0v) is 7.49. The lowest BCUT2D eigenvalue weighted by molar-refractivity contribution is -0.146. The largest absolute Gasteiger partial charge is 0.481 e. The topological polar surface area (TPSA) is 69.6 Å². The quantitative estimate of drug-likeness (QED) is 0.575. The third-order valence-electron chi connectivity index (χ3n) is 3.24. The van der Waals surface area contributed by atoms with E-state index in [0.717, 1.165) is 25.7 Å². The van der Waals surface area contributed by atoms with Gasteiger partial charge in [-0.15, -0.1) is 0 Å². The van der Waals surface area contributed by atoms with Gasteiger partial charge in [0.1, 0.15) is 0 Å². The Morgan fingerprint density at radius 2 is 2.15 bits per heavy atom. The predicted octanol–water partition coefficient (Wildman–Crippen LogP) is -0.0359. The van der Waals surface area contributed by atoms with Crippen LogP contribution < -0.4 is 5.32 Å². The highest BCUT2D eigenvalue weighted by molar-refractivity contribution is 5.72. The van der Waals surface area contributed by atoms with Gasteiger partial charge in [0.2, 0.25) is 0 Å². The number of nitrogens with one attached hydrogen (secondary N) is 1. The van der Waals surface area contributed by atoms with Crippen molar-refractivity contribution in [2.45, 2.75) is 37.3 Å². The minimum atomic E-state index is -0.711. The Kier molecular flexibility index (Phi) is 2.04. The van der Waals surface area contributed by atoms with Crippen LogP contribution in [0.1, 0.15) is 25.7 Å². The maximum atomic E-state index is 10.7. The molecule has 0 aliphatic heterocycles. The summed E-state index contributed by atoms with van der Waals surface area (Å²) in [5.41, 5.74) is -0.126. The van der Waals surface area contributed by atoms with Gasteiger partial charge in [-0.05, 0) is 25.7 Å². The van der Waals surface area contributed by atoms with Gasteiger partial charge in [0.15, 0.2) is 0 Å². The molecular weight excluding hydrogens is 170 g/mol. The molecule has 13 heavy (non-hydrogen) atoms. The van der Waals surface area contributed by atoms with Crippen molar-refractivity contribution < 1.29 is 15.0 Å². The first kappa shape index (κ1) is 8.97. The molecule has 2 aliphatic rings. The van der Waals surface area contributed by atoms with Gasteiger partial charge in [0.05, 0.1) is 12.5 Å². The third kappa shape index (κ3) is 1.56. The van der Waals surface area contributed by atoms with Gasteiger partial charge >= 0.3 is 5.97 Å². The fourth-order valence-electron chi connectivity index (χ4n) is 1.86. The van der Waals surface area contributed by atoms with E-state index in [0.29, 0.717) is 0 Å². The normalized spacial score (nSPS) is 35.2. The van der Waals surface area contributed by atoms with E-state index in [1.54, 1.807) is 0 Å². The van der Waals surface area contributed by atoms with Crippen molar-refractivity contribution in [1.82, 2.24) is 5.32 Å². The maximum absolute atomic E-state index is 10.7. The number of aliphatic hydroxyl groups is 1. The summed E-state index contributed by atoms with van der Waals surface area (Å²) in [5, 5.41) is 21.1. The Morgan fingerprint density at radius 3 is 2.46 bits per heavy atom. The predicted molar refractivity (Wildman–Crippen MR) is 46.3 cm³/mol. The van der Waals surface area contributed by atoms with Gasteiger partial charge in [-0.25, -0.2) is 0 Å². The second-order valence-electron chi connectivity index (χ2n) is 4.21. The highest BCUT2D eigenvalue weighted by atomic mass is 16.4. The summed E-state index contributed by atoms with van der Waals surface area (Å²) < 4.78 is 0. The fraction of sp³-hybridized carbons (Fsp3) is 0.889. The molecule has 74 valence electrons. The van der Waals surface area contributed by atoms with E-state index < -0.39 is 5.97 Å². The molecule has 4 heteroatoms. The van der Waals surface area contributed by atoms with Crippen LogP contribution in [0.2, 0.25) is 0 Å².